The van der Waals surface area contributed by atoms with E-state index in [4.69, 9.17) is 17.3 Å². The van der Waals surface area contributed by atoms with Gasteiger partial charge in [0, 0.05) is 37.2 Å². The number of para-hydroxylation sites is 1. The molecule has 3 aromatic rings. The molecule has 1 aliphatic rings. The number of amides is 4. The minimum absolute atomic E-state index is 0.234. The topological polar surface area (TPSA) is 114 Å². The van der Waals surface area contributed by atoms with Gasteiger partial charge in [-0.1, -0.05) is 29.8 Å². The molecule has 4 rings (SSSR count). The van der Waals surface area contributed by atoms with Crippen molar-refractivity contribution in [3.8, 4) is 5.69 Å². The SMILES string of the molecule is C[C@@H]1CN(C(=O)c2ccc(-n3cccn3)cc2Cl)c2ccccc2CN1C(=O)NC(C)(C)C(N)=O. The van der Waals surface area contributed by atoms with Gasteiger partial charge in [0.25, 0.3) is 5.91 Å². The van der Waals surface area contributed by atoms with Crippen LogP contribution in [0.2, 0.25) is 5.02 Å². The summed E-state index contributed by atoms with van der Waals surface area (Å²) in [5, 5.41) is 7.19. The monoisotopic (exact) mass is 494 g/mol. The van der Waals surface area contributed by atoms with Crippen molar-refractivity contribution in [3.05, 3.63) is 77.1 Å². The molecule has 0 aliphatic carbocycles. The predicted octanol–water partition coefficient (Wildman–Crippen LogP) is 3.35. The number of primary amides is 1. The van der Waals surface area contributed by atoms with Gasteiger partial charge in [-0.05, 0) is 56.7 Å². The highest BCUT2D eigenvalue weighted by atomic mass is 35.5. The molecule has 0 saturated carbocycles. The summed E-state index contributed by atoms with van der Waals surface area (Å²) in [4.78, 5) is 41.8. The number of nitrogens with zero attached hydrogens (tertiary/aromatic N) is 4. The Morgan fingerprint density at radius 2 is 1.89 bits per heavy atom. The standard InChI is InChI=1S/C25H27ClN6O3/c1-16-14-31(22(33)19-10-9-18(13-20(19)26)32-12-6-11-28-32)21-8-5-4-7-17(21)15-30(16)24(35)29-25(2,3)23(27)34/h4-13,16H,14-15H2,1-3H3,(H2,27,34)(H,29,35)/t16-/m1/s1. The Balaban J connectivity index is 1.65. The Bertz CT molecular complexity index is 1270. The molecule has 2 aromatic carbocycles. The van der Waals surface area contributed by atoms with Crippen LogP contribution in [-0.2, 0) is 11.3 Å². The molecule has 0 saturated heterocycles. The van der Waals surface area contributed by atoms with E-state index in [1.807, 2.05) is 31.2 Å². The molecule has 10 heteroatoms. The Hall–Kier alpha value is -3.85. The number of halogens is 1. The first-order chi connectivity index (χ1) is 16.6. The fourth-order valence-corrected chi connectivity index (χ4v) is 4.22. The smallest absolute Gasteiger partial charge is 0.318 e. The van der Waals surface area contributed by atoms with E-state index in [1.54, 1.807) is 65.0 Å². The van der Waals surface area contributed by atoms with E-state index >= 15 is 0 Å². The average Bonchev–Trinajstić information content (AvgIpc) is 3.30. The van der Waals surface area contributed by atoms with Gasteiger partial charge in [-0.3, -0.25) is 9.59 Å². The average molecular weight is 495 g/mol. The highest BCUT2D eigenvalue weighted by molar-refractivity contribution is 6.34. The van der Waals surface area contributed by atoms with Crippen LogP contribution in [0.15, 0.2) is 60.9 Å². The van der Waals surface area contributed by atoms with E-state index in [1.165, 1.54) is 0 Å². The lowest BCUT2D eigenvalue weighted by atomic mass is 10.1. The number of urea groups is 1. The molecule has 2 heterocycles. The third-order valence-electron chi connectivity index (χ3n) is 6.10. The van der Waals surface area contributed by atoms with Crippen molar-refractivity contribution in [3.63, 3.8) is 0 Å². The second-order valence-corrected chi connectivity index (χ2v) is 9.46. The van der Waals surface area contributed by atoms with Gasteiger partial charge in [0.15, 0.2) is 0 Å². The molecule has 0 fully saturated rings. The predicted molar refractivity (Wildman–Crippen MR) is 134 cm³/mol. The number of hydrogen-bond acceptors (Lipinski definition) is 4. The number of hydrogen-bond donors (Lipinski definition) is 2. The van der Waals surface area contributed by atoms with Crippen LogP contribution in [-0.4, -0.2) is 50.7 Å². The first-order valence-corrected chi connectivity index (χ1v) is 11.5. The second-order valence-electron chi connectivity index (χ2n) is 9.06. The Morgan fingerprint density at radius 1 is 1.14 bits per heavy atom. The molecule has 9 nitrogen and oxygen atoms in total. The third kappa shape index (κ3) is 4.85. The summed E-state index contributed by atoms with van der Waals surface area (Å²) in [5.41, 5.74) is 6.78. The van der Waals surface area contributed by atoms with E-state index < -0.39 is 17.5 Å². The van der Waals surface area contributed by atoms with E-state index in [2.05, 4.69) is 10.4 Å². The van der Waals surface area contributed by atoms with Crippen LogP contribution in [0.1, 0.15) is 36.7 Å². The number of nitrogens with two attached hydrogens (primary N) is 1. The molecule has 3 N–H and O–H groups in total. The first kappa shape index (κ1) is 24.3. The number of benzene rings is 2. The molecule has 0 radical (unpaired) electrons. The molecule has 1 aromatic heterocycles. The summed E-state index contributed by atoms with van der Waals surface area (Å²) in [7, 11) is 0. The lowest BCUT2D eigenvalue weighted by Crippen LogP contribution is -2.58. The highest BCUT2D eigenvalue weighted by Crippen LogP contribution is 2.31. The van der Waals surface area contributed by atoms with Crippen molar-refractivity contribution in [2.75, 3.05) is 11.4 Å². The quantitative estimate of drug-likeness (QED) is 0.579. The van der Waals surface area contributed by atoms with Gasteiger partial charge in [-0.15, -0.1) is 0 Å². The maximum atomic E-state index is 13.7. The number of carbonyl (C=O) groups is 3. The molecule has 35 heavy (non-hydrogen) atoms. The summed E-state index contributed by atoms with van der Waals surface area (Å²) in [6.07, 6.45) is 3.45. The Morgan fingerprint density at radius 3 is 2.54 bits per heavy atom. The summed E-state index contributed by atoms with van der Waals surface area (Å²) in [5.74, 6) is -0.917. The molecular formula is C25H27ClN6O3. The molecule has 0 spiro atoms. The Labute approximate surface area is 208 Å². The molecule has 1 aliphatic heterocycles. The molecule has 0 bridgehead atoms. The molecular weight excluding hydrogens is 468 g/mol. The summed E-state index contributed by atoms with van der Waals surface area (Å²) < 4.78 is 1.66. The van der Waals surface area contributed by atoms with E-state index in [0.717, 1.165) is 11.3 Å². The zero-order valence-corrected chi connectivity index (χ0v) is 20.5. The fourth-order valence-electron chi connectivity index (χ4n) is 3.96. The lowest BCUT2D eigenvalue weighted by Gasteiger charge is -2.32. The molecule has 1 atom stereocenters. The number of rotatable bonds is 4. The van der Waals surface area contributed by atoms with Crippen molar-refractivity contribution in [2.24, 2.45) is 5.73 Å². The van der Waals surface area contributed by atoms with Crippen LogP contribution in [0.4, 0.5) is 10.5 Å². The summed E-state index contributed by atoms with van der Waals surface area (Å²) >= 11 is 6.54. The molecule has 4 amide bonds. The lowest BCUT2D eigenvalue weighted by molar-refractivity contribution is -0.122. The van der Waals surface area contributed by atoms with Gasteiger partial charge < -0.3 is 20.9 Å². The van der Waals surface area contributed by atoms with Gasteiger partial charge in [0.05, 0.1) is 16.3 Å². The van der Waals surface area contributed by atoms with Crippen molar-refractivity contribution in [2.45, 2.75) is 38.9 Å². The maximum Gasteiger partial charge on any atom is 0.318 e. The van der Waals surface area contributed by atoms with Crippen LogP contribution < -0.4 is 16.0 Å². The van der Waals surface area contributed by atoms with Gasteiger partial charge in [0.2, 0.25) is 5.91 Å². The normalized spacial score (nSPS) is 15.8. The van der Waals surface area contributed by atoms with Gasteiger partial charge >= 0.3 is 6.03 Å². The Kier molecular flexibility index (Phi) is 6.53. The third-order valence-corrected chi connectivity index (χ3v) is 6.41. The van der Waals surface area contributed by atoms with E-state index in [0.29, 0.717) is 16.3 Å². The fraction of sp³-hybridized carbons (Fsp3) is 0.280. The second kappa shape index (κ2) is 9.42. The number of fused-ring (bicyclic) bond motifs is 1. The number of nitrogens with one attached hydrogen (secondary N) is 1. The van der Waals surface area contributed by atoms with E-state index in [-0.39, 0.29) is 25.0 Å². The van der Waals surface area contributed by atoms with Crippen LogP contribution >= 0.6 is 11.6 Å². The first-order valence-electron chi connectivity index (χ1n) is 11.2. The molecule has 182 valence electrons. The minimum Gasteiger partial charge on any atom is -0.368 e. The van der Waals surface area contributed by atoms with Crippen molar-refractivity contribution in [1.82, 2.24) is 20.0 Å². The van der Waals surface area contributed by atoms with Gasteiger partial charge in [0.1, 0.15) is 5.54 Å². The highest BCUT2D eigenvalue weighted by Gasteiger charge is 2.35. The van der Waals surface area contributed by atoms with Crippen molar-refractivity contribution < 1.29 is 14.4 Å². The number of carbonyl (C=O) groups excluding carboxylic acids is 3. The van der Waals surface area contributed by atoms with Crippen molar-refractivity contribution >= 4 is 35.1 Å². The number of aromatic nitrogens is 2. The zero-order chi connectivity index (χ0) is 25.3. The maximum absolute atomic E-state index is 13.7. The minimum atomic E-state index is -1.22. The largest absolute Gasteiger partial charge is 0.368 e. The van der Waals surface area contributed by atoms with Crippen LogP contribution in [0.5, 0.6) is 0 Å². The van der Waals surface area contributed by atoms with Gasteiger partial charge in [-0.2, -0.15) is 5.10 Å². The van der Waals surface area contributed by atoms with Crippen LogP contribution in [0.3, 0.4) is 0 Å². The molecule has 0 unspecified atom stereocenters. The van der Waals surface area contributed by atoms with Crippen LogP contribution in [0.25, 0.3) is 5.69 Å². The van der Waals surface area contributed by atoms with Crippen LogP contribution in [0, 0.1) is 0 Å². The summed E-state index contributed by atoms with van der Waals surface area (Å²) in [6, 6.07) is 13.6. The van der Waals surface area contributed by atoms with Crippen molar-refractivity contribution in [1.29, 1.82) is 0 Å². The zero-order valence-electron chi connectivity index (χ0n) is 19.7. The van der Waals surface area contributed by atoms with E-state index in [9.17, 15) is 14.4 Å². The van der Waals surface area contributed by atoms with Gasteiger partial charge in [-0.25, -0.2) is 9.48 Å². The summed E-state index contributed by atoms with van der Waals surface area (Å²) in [6.45, 7) is 5.44. The number of anilines is 1.